The lowest BCUT2D eigenvalue weighted by atomic mass is 9.90. The van der Waals surface area contributed by atoms with Gasteiger partial charge in [0, 0.05) is 11.1 Å². The Balaban J connectivity index is 1.65. The molecule has 3 aromatic rings. The second kappa shape index (κ2) is 8.47. The number of rotatable bonds is 4. The Bertz CT molecular complexity index is 1110. The summed E-state index contributed by atoms with van der Waals surface area (Å²) in [4.78, 5) is 12.1. The van der Waals surface area contributed by atoms with Crippen LogP contribution in [-0.2, 0) is 11.2 Å². The van der Waals surface area contributed by atoms with Gasteiger partial charge in [-0.05, 0) is 41.3 Å². The Hall–Kier alpha value is -2.26. The van der Waals surface area contributed by atoms with E-state index in [9.17, 15) is 25.2 Å². The molecule has 1 saturated heterocycles. The van der Waals surface area contributed by atoms with Crippen molar-refractivity contribution in [1.29, 1.82) is 0 Å². The highest BCUT2D eigenvalue weighted by atomic mass is 35.5. The molecule has 1 aliphatic heterocycles. The molecule has 1 aliphatic rings. The van der Waals surface area contributed by atoms with Gasteiger partial charge in [-0.15, -0.1) is 0 Å². The minimum Gasteiger partial charge on any atom is -0.464 e. The minimum absolute atomic E-state index is 0.140. The third kappa shape index (κ3) is 3.88. The van der Waals surface area contributed by atoms with E-state index in [0.29, 0.717) is 28.0 Å². The molecular weight excluding hydrogens is 412 g/mol. The number of aliphatic hydroxyl groups excluding tert-OH is 4. The van der Waals surface area contributed by atoms with Crippen molar-refractivity contribution in [2.45, 2.75) is 36.9 Å². The molecule has 0 aliphatic carbocycles. The van der Waals surface area contributed by atoms with E-state index in [0.717, 1.165) is 11.1 Å². The second-order valence-electron chi connectivity index (χ2n) is 7.39. The van der Waals surface area contributed by atoms with E-state index >= 15 is 0 Å². The average Bonchev–Trinajstić information content (AvgIpc) is 2.75. The first kappa shape index (κ1) is 21.0. The van der Waals surface area contributed by atoms with Gasteiger partial charge < -0.3 is 29.6 Å². The van der Waals surface area contributed by atoms with Gasteiger partial charge >= 0.3 is 0 Å². The number of fused-ring (bicyclic) bond motifs is 1. The number of halogens is 1. The first-order chi connectivity index (χ1) is 14.4. The Morgan fingerprint density at radius 3 is 2.53 bits per heavy atom. The molecule has 4 rings (SSSR count). The molecule has 4 N–H and O–H groups in total. The van der Waals surface area contributed by atoms with Crippen molar-refractivity contribution in [1.82, 2.24) is 0 Å². The van der Waals surface area contributed by atoms with Crippen LogP contribution in [0.1, 0.15) is 22.8 Å². The Kier molecular flexibility index (Phi) is 5.92. The number of benzene rings is 2. The third-order valence-electron chi connectivity index (χ3n) is 5.41. The van der Waals surface area contributed by atoms with Gasteiger partial charge in [-0.1, -0.05) is 29.8 Å². The van der Waals surface area contributed by atoms with Crippen LogP contribution < -0.4 is 5.43 Å². The molecular formula is C22H21ClO7. The van der Waals surface area contributed by atoms with Crippen molar-refractivity contribution >= 4 is 22.6 Å². The lowest BCUT2D eigenvalue weighted by molar-refractivity contribution is -0.231. The van der Waals surface area contributed by atoms with Gasteiger partial charge in [-0.25, -0.2) is 0 Å². The zero-order chi connectivity index (χ0) is 21.4. The average molecular weight is 433 g/mol. The normalized spacial score (nSPS) is 26.8. The molecule has 30 heavy (non-hydrogen) atoms. The summed E-state index contributed by atoms with van der Waals surface area (Å²) in [6, 6.07) is 11.7. The molecule has 7 nitrogen and oxygen atoms in total. The Labute approximate surface area is 176 Å². The number of aliphatic hydroxyl groups is 4. The first-order valence-electron chi connectivity index (χ1n) is 9.48. The van der Waals surface area contributed by atoms with Crippen molar-refractivity contribution in [2.24, 2.45) is 0 Å². The van der Waals surface area contributed by atoms with Crippen LogP contribution in [0.4, 0.5) is 0 Å². The molecule has 2 heterocycles. The topological polar surface area (TPSA) is 120 Å². The van der Waals surface area contributed by atoms with Crippen molar-refractivity contribution in [3.8, 4) is 0 Å². The summed E-state index contributed by atoms with van der Waals surface area (Å²) in [5, 5.41) is 40.8. The molecule has 0 saturated carbocycles. The summed E-state index contributed by atoms with van der Waals surface area (Å²) in [5.41, 5.74) is 2.47. The summed E-state index contributed by atoms with van der Waals surface area (Å²) in [6.45, 7) is -0.498. The van der Waals surface area contributed by atoms with E-state index in [2.05, 4.69) is 0 Å². The Morgan fingerprint density at radius 2 is 1.77 bits per heavy atom. The van der Waals surface area contributed by atoms with Gasteiger partial charge in [0.25, 0.3) is 0 Å². The first-order valence-corrected chi connectivity index (χ1v) is 9.86. The number of ether oxygens (including phenoxy) is 1. The van der Waals surface area contributed by atoms with E-state index in [1.54, 1.807) is 30.3 Å². The number of hydrogen-bond acceptors (Lipinski definition) is 7. The molecule has 0 amide bonds. The van der Waals surface area contributed by atoms with Crippen molar-refractivity contribution in [3.05, 3.63) is 80.7 Å². The van der Waals surface area contributed by atoms with Crippen LogP contribution in [-0.4, -0.2) is 51.4 Å². The zero-order valence-electron chi connectivity index (χ0n) is 15.8. The van der Waals surface area contributed by atoms with E-state index < -0.39 is 37.1 Å². The summed E-state index contributed by atoms with van der Waals surface area (Å²) < 4.78 is 11.0. The summed E-state index contributed by atoms with van der Waals surface area (Å²) in [6.07, 6.45) is -4.42. The van der Waals surface area contributed by atoms with Gasteiger partial charge in [0.1, 0.15) is 36.1 Å². The van der Waals surface area contributed by atoms with Crippen LogP contribution in [0.5, 0.6) is 0 Å². The van der Waals surface area contributed by atoms with Gasteiger partial charge in [0.05, 0.1) is 18.3 Å². The van der Waals surface area contributed by atoms with Gasteiger partial charge in [-0.2, -0.15) is 0 Å². The number of hydrogen-bond donors (Lipinski definition) is 4. The summed E-state index contributed by atoms with van der Waals surface area (Å²) >= 11 is 6.37. The molecule has 0 bridgehead atoms. The third-order valence-corrected chi connectivity index (χ3v) is 5.78. The highest BCUT2D eigenvalue weighted by Gasteiger charge is 2.44. The van der Waals surface area contributed by atoms with E-state index in [4.69, 9.17) is 20.8 Å². The summed E-state index contributed by atoms with van der Waals surface area (Å²) in [7, 11) is 0. The summed E-state index contributed by atoms with van der Waals surface area (Å²) in [5.74, 6) is 0. The van der Waals surface area contributed by atoms with Crippen LogP contribution in [0.3, 0.4) is 0 Å². The predicted molar refractivity (Wildman–Crippen MR) is 109 cm³/mol. The lowest BCUT2D eigenvalue weighted by Crippen LogP contribution is -2.55. The highest BCUT2D eigenvalue weighted by Crippen LogP contribution is 2.34. The molecule has 0 radical (unpaired) electrons. The maximum atomic E-state index is 12.1. The second-order valence-corrected chi connectivity index (χ2v) is 7.80. The lowest BCUT2D eigenvalue weighted by Gasteiger charge is -2.40. The fourth-order valence-electron chi connectivity index (χ4n) is 3.75. The maximum Gasteiger partial charge on any atom is 0.192 e. The van der Waals surface area contributed by atoms with Crippen LogP contribution in [0, 0.1) is 0 Å². The minimum atomic E-state index is -1.46. The smallest absolute Gasteiger partial charge is 0.192 e. The monoisotopic (exact) mass is 432 g/mol. The van der Waals surface area contributed by atoms with Gasteiger partial charge in [-0.3, -0.25) is 4.79 Å². The molecule has 0 unspecified atom stereocenters. The molecule has 5 atom stereocenters. The van der Waals surface area contributed by atoms with E-state index in [1.807, 2.05) is 6.07 Å². The molecule has 2 aromatic carbocycles. The van der Waals surface area contributed by atoms with E-state index in [-0.39, 0.29) is 5.43 Å². The van der Waals surface area contributed by atoms with Gasteiger partial charge in [0.15, 0.2) is 5.43 Å². The molecule has 1 fully saturated rings. The Morgan fingerprint density at radius 1 is 0.967 bits per heavy atom. The van der Waals surface area contributed by atoms with E-state index in [1.165, 1.54) is 12.3 Å². The highest BCUT2D eigenvalue weighted by molar-refractivity contribution is 6.31. The SMILES string of the molecule is O=c1ccoc2ccc(Cc3cc([C@@H]4O[C@H](CO)[C@@H](O)[C@H](O)[C@H]4O)ccc3Cl)cc12. The van der Waals surface area contributed by atoms with Crippen LogP contribution >= 0.6 is 11.6 Å². The van der Waals surface area contributed by atoms with Crippen LogP contribution in [0.25, 0.3) is 11.0 Å². The van der Waals surface area contributed by atoms with Gasteiger partial charge in [0.2, 0.25) is 0 Å². The molecule has 0 spiro atoms. The molecule has 158 valence electrons. The fraction of sp³-hybridized carbons (Fsp3) is 0.318. The van der Waals surface area contributed by atoms with Crippen LogP contribution in [0.15, 0.2) is 57.9 Å². The molecule has 1 aromatic heterocycles. The predicted octanol–water partition coefficient (Wildman–Crippen LogP) is 1.55. The van der Waals surface area contributed by atoms with Crippen LogP contribution in [0.2, 0.25) is 5.02 Å². The maximum absolute atomic E-state index is 12.1. The molecule has 8 heteroatoms. The fourth-order valence-corrected chi connectivity index (χ4v) is 3.93. The quantitative estimate of drug-likeness (QED) is 0.493. The zero-order valence-corrected chi connectivity index (χ0v) is 16.6. The largest absolute Gasteiger partial charge is 0.464 e. The van der Waals surface area contributed by atoms with Crippen molar-refractivity contribution in [2.75, 3.05) is 6.61 Å². The van der Waals surface area contributed by atoms with Crippen molar-refractivity contribution in [3.63, 3.8) is 0 Å². The van der Waals surface area contributed by atoms with Crippen molar-refractivity contribution < 1.29 is 29.6 Å². The standard InChI is InChI=1S/C22H21ClO7/c23-15-3-2-12(22-21(28)20(27)19(26)18(10-24)30-22)9-13(15)7-11-1-4-17-14(8-11)16(25)5-6-29-17/h1-6,8-9,18-22,24,26-28H,7,10H2/t18-,19-,20+,21-,22+/m1/s1.